The molecule has 0 radical (unpaired) electrons. The first kappa shape index (κ1) is 19.8. The van der Waals surface area contributed by atoms with Gasteiger partial charge in [-0.3, -0.25) is 9.48 Å². The van der Waals surface area contributed by atoms with Crippen molar-refractivity contribution in [2.24, 2.45) is 7.05 Å². The van der Waals surface area contributed by atoms with E-state index in [1.807, 2.05) is 51.6 Å². The Morgan fingerprint density at radius 3 is 2.79 bits per heavy atom. The van der Waals surface area contributed by atoms with Gasteiger partial charge >= 0.3 is 0 Å². The molecule has 8 heteroatoms. The second kappa shape index (κ2) is 8.06. The van der Waals surface area contributed by atoms with E-state index in [4.69, 9.17) is 4.98 Å². The van der Waals surface area contributed by atoms with Gasteiger partial charge in [0.15, 0.2) is 5.65 Å². The average Bonchev–Trinajstić information content (AvgIpc) is 3.44. The molecule has 0 aliphatic heterocycles. The molecule has 4 rings (SSSR count). The molecule has 1 atom stereocenters. The molecule has 0 fully saturated rings. The Morgan fingerprint density at radius 2 is 2.14 bits per heavy atom. The number of aromatic nitrogens is 3. The molecule has 0 aliphatic carbocycles. The molecule has 0 saturated carbocycles. The number of carbonyl (C=O) groups is 1. The summed E-state index contributed by atoms with van der Waals surface area (Å²) in [5.41, 5.74) is 4.15. The Labute approximate surface area is 177 Å². The Morgan fingerprint density at radius 1 is 1.31 bits per heavy atom. The SMILES string of the molecule is Cc1nn(C)c2nc(-c3cccs3)cc(C(=O)NCC(c3ccsc3)N(C)C)c12. The first-order valence-electron chi connectivity index (χ1n) is 9.30. The molecular weight excluding hydrogens is 402 g/mol. The standard InChI is InChI=1S/C21H23N5OS2/c1-13-19-15(21(27)22-11-17(25(2)3)14-7-9-28-12-14)10-16(18-6-5-8-29-18)23-20(19)26(4)24-13/h5-10,12,17H,11H2,1-4H3,(H,22,27). The number of hydrogen-bond acceptors (Lipinski definition) is 6. The van der Waals surface area contributed by atoms with Crippen LogP contribution in [0.2, 0.25) is 0 Å². The van der Waals surface area contributed by atoms with Crippen LogP contribution in [-0.2, 0) is 7.05 Å². The van der Waals surface area contributed by atoms with Crippen LogP contribution >= 0.6 is 22.7 Å². The van der Waals surface area contributed by atoms with Gasteiger partial charge in [0.05, 0.1) is 33.3 Å². The Bertz CT molecular complexity index is 1130. The van der Waals surface area contributed by atoms with Crippen molar-refractivity contribution in [1.29, 1.82) is 0 Å². The first-order valence-corrected chi connectivity index (χ1v) is 11.1. The maximum atomic E-state index is 13.3. The van der Waals surface area contributed by atoms with Crippen LogP contribution in [0.5, 0.6) is 0 Å². The lowest BCUT2D eigenvalue weighted by atomic mass is 10.1. The molecule has 1 unspecified atom stereocenters. The summed E-state index contributed by atoms with van der Waals surface area (Å²) in [6, 6.07) is 8.11. The molecule has 0 aliphatic rings. The molecule has 0 spiro atoms. The highest BCUT2D eigenvalue weighted by atomic mass is 32.1. The van der Waals surface area contributed by atoms with E-state index in [2.05, 4.69) is 32.1 Å². The monoisotopic (exact) mass is 425 g/mol. The van der Waals surface area contributed by atoms with Gasteiger partial charge < -0.3 is 10.2 Å². The summed E-state index contributed by atoms with van der Waals surface area (Å²) in [5, 5.41) is 14.6. The lowest BCUT2D eigenvalue weighted by Crippen LogP contribution is -2.34. The zero-order valence-electron chi connectivity index (χ0n) is 16.8. The number of pyridine rings is 1. The van der Waals surface area contributed by atoms with E-state index in [9.17, 15) is 4.79 Å². The zero-order chi connectivity index (χ0) is 20.5. The van der Waals surface area contributed by atoms with E-state index in [-0.39, 0.29) is 11.9 Å². The van der Waals surface area contributed by atoms with E-state index in [0.717, 1.165) is 27.3 Å². The molecule has 1 amide bonds. The van der Waals surface area contributed by atoms with Gasteiger partial charge in [-0.25, -0.2) is 4.98 Å². The minimum atomic E-state index is -0.103. The van der Waals surface area contributed by atoms with Crippen LogP contribution in [0.4, 0.5) is 0 Å². The number of rotatable bonds is 6. The largest absolute Gasteiger partial charge is 0.350 e. The number of carbonyl (C=O) groups excluding carboxylic acids is 1. The van der Waals surface area contributed by atoms with E-state index in [1.54, 1.807) is 27.4 Å². The zero-order valence-corrected chi connectivity index (χ0v) is 18.5. The smallest absolute Gasteiger partial charge is 0.252 e. The number of hydrogen-bond donors (Lipinski definition) is 1. The minimum absolute atomic E-state index is 0.103. The normalized spacial score (nSPS) is 12.6. The summed E-state index contributed by atoms with van der Waals surface area (Å²) in [4.78, 5) is 21.2. The van der Waals surface area contributed by atoms with Crippen LogP contribution in [0.25, 0.3) is 21.6 Å². The van der Waals surface area contributed by atoms with Crippen LogP contribution in [0.15, 0.2) is 40.4 Å². The first-order chi connectivity index (χ1) is 14.0. The lowest BCUT2D eigenvalue weighted by molar-refractivity contribution is 0.0943. The number of amides is 1. The number of likely N-dealkylation sites (N-methyl/N-ethyl adjacent to an activating group) is 1. The van der Waals surface area contributed by atoms with Gasteiger partial charge in [0, 0.05) is 13.6 Å². The minimum Gasteiger partial charge on any atom is -0.350 e. The summed E-state index contributed by atoms with van der Waals surface area (Å²) in [7, 11) is 5.92. The van der Waals surface area contributed by atoms with Crippen molar-refractivity contribution >= 4 is 39.6 Å². The molecule has 0 bridgehead atoms. The van der Waals surface area contributed by atoms with Gasteiger partial charge in [0.1, 0.15) is 0 Å². The van der Waals surface area contributed by atoms with E-state index >= 15 is 0 Å². The number of fused-ring (bicyclic) bond motifs is 1. The van der Waals surface area contributed by atoms with E-state index in [0.29, 0.717) is 12.1 Å². The quantitative estimate of drug-likeness (QED) is 0.505. The maximum Gasteiger partial charge on any atom is 0.252 e. The highest BCUT2D eigenvalue weighted by molar-refractivity contribution is 7.13. The third-order valence-electron chi connectivity index (χ3n) is 4.99. The predicted octanol–water partition coefficient (Wildman–Crippen LogP) is 4.10. The molecule has 29 heavy (non-hydrogen) atoms. The van der Waals surface area contributed by atoms with Gasteiger partial charge in [0.25, 0.3) is 5.91 Å². The van der Waals surface area contributed by atoms with Gasteiger partial charge in [-0.2, -0.15) is 16.4 Å². The van der Waals surface area contributed by atoms with Crippen LogP contribution in [0, 0.1) is 6.92 Å². The summed E-state index contributed by atoms with van der Waals surface area (Å²) in [6.45, 7) is 2.44. The van der Waals surface area contributed by atoms with Crippen molar-refractivity contribution < 1.29 is 4.79 Å². The molecule has 150 valence electrons. The third kappa shape index (κ3) is 3.83. The number of aryl methyl sites for hydroxylation is 2. The lowest BCUT2D eigenvalue weighted by Gasteiger charge is -2.24. The second-order valence-corrected chi connectivity index (χ2v) is 8.91. The topological polar surface area (TPSA) is 63.1 Å². The van der Waals surface area contributed by atoms with Crippen LogP contribution < -0.4 is 5.32 Å². The van der Waals surface area contributed by atoms with Crippen molar-refractivity contribution in [3.8, 4) is 10.6 Å². The van der Waals surface area contributed by atoms with Crippen LogP contribution in [0.3, 0.4) is 0 Å². The molecular formula is C21H23N5OS2. The molecule has 4 aromatic rings. The van der Waals surface area contributed by atoms with Crippen LogP contribution in [-0.4, -0.2) is 46.2 Å². The molecule has 4 aromatic heterocycles. The van der Waals surface area contributed by atoms with Gasteiger partial charge in [-0.1, -0.05) is 6.07 Å². The summed E-state index contributed by atoms with van der Waals surface area (Å²) >= 11 is 3.27. The molecule has 6 nitrogen and oxygen atoms in total. The molecule has 0 saturated heterocycles. The molecule has 1 N–H and O–H groups in total. The van der Waals surface area contributed by atoms with Crippen molar-refractivity contribution in [2.45, 2.75) is 13.0 Å². The average molecular weight is 426 g/mol. The molecule has 4 heterocycles. The summed E-state index contributed by atoms with van der Waals surface area (Å²) in [5.74, 6) is -0.103. The highest BCUT2D eigenvalue weighted by Crippen LogP contribution is 2.29. The number of nitrogens with zero attached hydrogens (tertiary/aromatic N) is 4. The van der Waals surface area contributed by atoms with Crippen molar-refractivity contribution in [2.75, 3.05) is 20.6 Å². The fourth-order valence-electron chi connectivity index (χ4n) is 3.52. The van der Waals surface area contributed by atoms with Crippen molar-refractivity contribution in [1.82, 2.24) is 25.0 Å². The number of nitrogens with one attached hydrogen (secondary N) is 1. The van der Waals surface area contributed by atoms with Gasteiger partial charge in [-0.15, -0.1) is 11.3 Å². The Hall–Kier alpha value is -2.55. The fourth-order valence-corrected chi connectivity index (χ4v) is 4.92. The summed E-state index contributed by atoms with van der Waals surface area (Å²) in [6.07, 6.45) is 0. The van der Waals surface area contributed by atoms with E-state index < -0.39 is 0 Å². The highest BCUT2D eigenvalue weighted by Gasteiger charge is 2.21. The second-order valence-electron chi connectivity index (χ2n) is 7.19. The van der Waals surface area contributed by atoms with Crippen molar-refractivity contribution in [3.63, 3.8) is 0 Å². The maximum absolute atomic E-state index is 13.3. The fraction of sp³-hybridized carbons (Fsp3) is 0.286. The van der Waals surface area contributed by atoms with E-state index in [1.165, 1.54) is 5.56 Å². The molecule has 0 aromatic carbocycles. The third-order valence-corrected chi connectivity index (χ3v) is 6.59. The Balaban J connectivity index is 1.69. The van der Waals surface area contributed by atoms with Gasteiger partial charge in [0.2, 0.25) is 0 Å². The summed E-state index contributed by atoms with van der Waals surface area (Å²) < 4.78 is 1.74. The van der Waals surface area contributed by atoms with Gasteiger partial charge in [-0.05, 0) is 60.9 Å². The van der Waals surface area contributed by atoms with Crippen LogP contribution in [0.1, 0.15) is 27.7 Å². The van der Waals surface area contributed by atoms with Crippen molar-refractivity contribution in [3.05, 3.63) is 57.2 Å². The number of thiophene rings is 2. The predicted molar refractivity (Wildman–Crippen MR) is 120 cm³/mol. The Kier molecular flexibility index (Phi) is 5.49.